The molecule has 0 amide bonds. The molecule has 1 unspecified atom stereocenters. The summed E-state index contributed by atoms with van der Waals surface area (Å²) in [7, 11) is 0. The first-order valence-electron chi connectivity index (χ1n) is 4.67. The van der Waals surface area contributed by atoms with Crippen molar-refractivity contribution in [1.29, 1.82) is 0 Å². The van der Waals surface area contributed by atoms with E-state index in [9.17, 15) is 10.4 Å². The summed E-state index contributed by atoms with van der Waals surface area (Å²) in [5.74, 6) is 1.01. The molecule has 1 atom stereocenters. The van der Waals surface area contributed by atoms with E-state index in [4.69, 9.17) is 0 Å². The molecule has 0 aliphatic carbocycles. The topological polar surface area (TPSA) is 46.1 Å². The van der Waals surface area contributed by atoms with Gasteiger partial charge in [-0.05, 0) is 5.56 Å². The zero-order valence-corrected chi connectivity index (χ0v) is 8.57. The van der Waals surface area contributed by atoms with E-state index in [1.165, 1.54) is 5.56 Å². The van der Waals surface area contributed by atoms with E-state index in [0.717, 1.165) is 11.9 Å². The van der Waals surface area contributed by atoms with Crippen LogP contribution in [0.1, 0.15) is 17.9 Å². The normalized spacial score (nSPS) is 26.0. The van der Waals surface area contributed by atoms with Crippen LogP contribution in [0.2, 0.25) is 0 Å². The highest BCUT2D eigenvalue weighted by molar-refractivity contribution is 7.93. The van der Waals surface area contributed by atoms with Crippen molar-refractivity contribution in [3.05, 3.63) is 46.3 Å². The fraction of sp³-hybridized carbons (Fsp3) is 0.400. The smallest absolute Gasteiger partial charge is 0.0894 e. The van der Waals surface area contributed by atoms with Crippen molar-refractivity contribution < 1.29 is 4.21 Å². The minimum atomic E-state index is -1.39. The molecule has 1 heterocycles. The van der Waals surface area contributed by atoms with Crippen LogP contribution in [0.3, 0.4) is 0 Å². The Morgan fingerprint density at radius 2 is 1.93 bits per heavy atom. The van der Waals surface area contributed by atoms with Gasteiger partial charge in [0.05, 0.1) is 24.2 Å². The second kappa shape index (κ2) is 3.90. The highest BCUT2D eigenvalue weighted by atomic mass is 32.2. The highest BCUT2D eigenvalue weighted by Crippen LogP contribution is 2.35. The molecule has 4 heteroatoms. The van der Waals surface area contributed by atoms with Gasteiger partial charge in [0.25, 0.3) is 0 Å². The first-order valence-corrected chi connectivity index (χ1v) is 5.61. The summed E-state index contributed by atoms with van der Waals surface area (Å²) in [5, 5.41) is 22.1. The van der Waals surface area contributed by atoms with Crippen LogP contribution in [0.15, 0.2) is 30.3 Å². The highest BCUT2D eigenvalue weighted by Gasteiger charge is 2.23. The largest absolute Gasteiger partial charge is 0.619 e. The molecule has 1 fully saturated rings. The Morgan fingerprint density at radius 3 is 2.50 bits per heavy atom. The lowest BCUT2D eigenvalue weighted by molar-refractivity contribution is -0.686. The second-order valence-electron chi connectivity index (χ2n) is 3.53. The molecule has 0 spiro atoms. The van der Waals surface area contributed by atoms with Crippen LogP contribution in [0.5, 0.6) is 0 Å². The van der Waals surface area contributed by atoms with E-state index >= 15 is 0 Å². The van der Waals surface area contributed by atoms with Gasteiger partial charge >= 0.3 is 0 Å². The number of hydroxylamine groups is 2. The number of benzene rings is 1. The molecule has 0 saturated carbocycles. The van der Waals surface area contributed by atoms with Crippen molar-refractivity contribution in [2.45, 2.75) is 12.3 Å². The van der Waals surface area contributed by atoms with Crippen molar-refractivity contribution in [3.63, 3.8) is 0 Å². The number of hydrogen-bond donors (Lipinski definition) is 0. The predicted molar refractivity (Wildman–Crippen MR) is 58.1 cm³/mol. The molecule has 0 radical (unpaired) electrons. The zero-order chi connectivity index (χ0) is 10.0. The van der Waals surface area contributed by atoms with Crippen LogP contribution in [-0.2, 0) is 0 Å². The molecule has 2 rings (SSSR count). The molecule has 1 aliphatic rings. The van der Waals surface area contributed by atoms with Gasteiger partial charge in [-0.1, -0.05) is 30.3 Å². The molecule has 1 aromatic rings. The number of quaternary nitrogens is 1. The Morgan fingerprint density at radius 1 is 1.21 bits per heavy atom. The molecule has 1 aromatic carbocycles. The summed E-state index contributed by atoms with van der Waals surface area (Å²) in [6.45, 7) is 0.171. The van der Waals surface area contributed by atoms with Gasteiger partial charge in [0.15, 0.2) is 0 Å². The maximum absolute atomic E-state index is 11.0. The molecule has 3 nitrogen and oxygen atoms in total. The monoisotopic (exact) mass is 210 g/mol. The SMILES string of the molecule is [O-][N+]1([O-])CCC(c2ccccc2)CS1. The van der Waals surface area contributed by atoms with Crippen LogP contribution in [0.4, 0.5) is 0 Å². The van der Waals surface area contributed by atoms with Crippen molar-refractivity contribution in [2.24, 2.45) is 0 Å². The van der Waals surface area contributed by atoms with Crippen LogP contribution < -0.4 is 0 Å². The van der Waals surface area contributed by atoms with Crippen LogP contribution >= 0.6 is 11.9 Å². The summed E-state index contributed by atoms with van der Waals surface area (Å²) >= 11 is 0.950. The van der Waals surface area contributed by atoms with E-state index in [0.29, 0.717) is 18.1 Å². The van der Waals surface area contributed by atoms with Gasteiger partial charge < -0.3 is 14.6 Å². The minimum Gasteiger partial charge on any atom is -0.619 e. The minimum absolute atomic E-state index is 0.171. The fourth-order valence-corrected chi connectivity index (χ4v) is 2.65. The summed E-state index contributed by atoms with van der Waals surface area (Å²) < 4.78 is -1.39. The summed E-state index contributed by atoms with van der Waals surface area (Å²) in [6, 6.07) is 10.1. The molecule has 76 valence electrons. The lowest BCUT2D eigenvalue weighted by Gasteiger charge is -2.48. The van der Waals surface area contributed by atoms with Crippen molar-refractivity contribution in [2.75, 3.05) is 12.3 Å². The lowest BCUT2D eigenvalue weighted by Crippen LogP contribution is -2.34. The molecule has 0 aromatic heterocycles. The van der Waals surface area contributed by atoms with Crippen molar-refractivity contribution in [3.8, 4) is 0 Å². The maximum atomic E-state index is 11.0. The first-order chi connectivity index (χ1) is 6.67. The van der Waals surface area contributed by atoms with Gasteiger partial charge in [0, 0.05) is 12.3 Å². The van der Waals surface area contributed by atoms with Crippen molar-refractivity contribution in [1.82, 2.24) is 0 Å². The third-order valence-electron chi connectivity index (χ3n) is 2.49. The molecule has 0 N–H and O–H groups in total. The van der Waals surface area contributed by atoms with Gasteiger partial charge in [-0.2, -0.15) is 0 Å². The average molecular weight is 210 g/mol. The fourth-order valence-electron chi connectivity index (χ4n) is 1.65. The van der Waals surface area contributed by atoms with Gasteiger partial charge in [-0.15, -0.1) is 0 Å². The van der Waals surface area contributed by atoms with Gasteiger partial charge in [-0.25, -0.2) is 0 Å². The van der Waals surface area contributed by atoms with Gasteiger partial charge in [-0.3, -0.25) is 0 Å². The second-order valence-corrected chi connectivity index (χ2v) is 4.67. The number of rotatable bonds is 1. The van der Waals surface area contributed by atoms with Crippen molar-refractivity contribution >= 4 is 11.9 Å². The summed E-state index contributed by atoms with van der Waals surface area (Å²) in [4.78, 5) is 0. The standard InChI is InChI=1S/C10H12NO2S/c12-11(13)7-6-10(8-14-11)9-4-2-1-3-5-9/h1-5,10H,6-8H2/q-1. The Kier molecular flexibility index (Phi) is 2.78. The van der Waals surface area contributed by atoms with Crippen LogP contribution in [-0.4, -0.2) is 16.5 Å². The Bertz CT molecular complexity index is 292. The zero-order valence-electron chi connectivity index (χ0n) is 7.76. The Labute approximate surface area is 87.6 Å². The Hall–Kier alpha value is -0.550. The third kappa shape index (κ3) is 2.27. The molecule has 1 aliphatic heterocycles. The molecular weight excluding hydrogens is 198 g/mol. The summed E-state index contributed by atoms with van der Waals surface area (Å²) in [6.07, 6.45) is 0.698. The van der Waals surface area contributed by atoms with Crippen LogP contribution in [0.25, 0.3) is 0 Å². The van der Waals surface area contributed by atoms with Gasteiger partial charge in [0.2, 0.25) is 0 Å². The van der Waals surface area contributed by atoms with E-state index in [1.54, 1.807) is 0 Å². The molecule has 14 heavy (non-hydrogen) atoms. The lowest BCUT2D eigenvalue weighted by atomic mass is 9.98. The molecule has 0 bridgehead atoms. The Balaban J connectivity index is 2.03. The summed E-state index contributed by atoms with van der Waals surface area (Å²) in [5.41, 5.74) is 1.24. The quantitative estimate of drug-likeness (QED) is 0.406. The molecule has 1 saturated heterocycles. The first kappa shape index (κ1) is 9.98. The number of hydrogen-bond acceptors (Lipinski definition) is 3. The average Bonchev–Trinajstić information content (AvgIpc) is 2.19. The van der Waals surface area contributed by atoms with E-state index < -0.39 is 4.21 Å². The van der Waals surface area contributed by atoms with Gasteiger partial charge in [0.1, 0.15) is 0 Å². The third-order valence-corrected chi connectivity index (χ3v) is 3.62. The predicted octanol–water partition coefficient (Wildman–Crippen LogP) is 2.63. The maximum Gasteiger partial charge on any atom is 0.0894 e. The van der Waals surface area contributed by atoms with Crippen LogP contribution in [0, 0.1) is 10.4 Å². The van der Waals surface area contributed by atoms with E-state index in [-0.39, 0.29) is 6.54 Å². The van der Waals surface area contributed by atoms with E-state index in [2.05, 4.69) is 12.1 Å². The molecular formula is C10H12NO2S-. The number of nitrogens with zero attached hydrogens (tertiary/aromatic N) is 1. The van der Waals surface area contributed by atoms with E-state index in [1.807, 2.05) is 18.2 Å².